The number of amides is 2. The van der Waals surface area contributed by atoms with Crippen molar-refractivity contribution in [2.75, 3.05) is 31.6 Å². The molecule has 20 heavy (non-hydrogen) atoms. The number of carboxylic acids is 1. The summed E-state index contributed by atoms with van der Waals surface area (Å²) < 4.78 is 5.79. The number of benzene rings is 1. The number of nitrogens with one attached hydrogen (secondary N) is 2. The summed E-state index contributed by atoms with van der Waals surface area (Å²) in [6.07, 6.45) is 0. The highest BCUT2D eigenvalue weighted by atomic mass is 79.9. The maximum Gasteiger partial charge on any atom is 0.335 e. The standard InChI is InChI=1S/C12H14BrN3O4/c13-9-2-1-8(11(17)18)7-10(9)14-12(19)15-16-3-5-20-6-4-16/h1-2,7H,3-6H2,(H,17,18)(H2,14,15,19). The summed E-state index contributed by atoms with van der Waals surface area (Å²) in [6.45, 7) is 2.37. The van der Waals surface area contributed by atoms with Gasteiger partial charge in [-0.05, 0) is 34.1 Å². The van der Waals surface area contributed by atoms with Crippen LogP contribution in [-0.2, 0) is 4.74 Å². The number of anilines is 1. The molecular formula is C12H14BrN3O4. The Bertz CT molecular complexity index is 517. The second-order valence-electron chi connectivity index (χ2n) is 4.17. The Morgan fingerprint density at radius 1 is 1.30 bits per heavy atom. The van der Waals surface area contributed by atoms with Crippen LogP contribution in [0.15, 0.2) is 22.7 Å². The van der Waals surface area contributed by atoms with Gasteiger partial charge >= 0.3 is 12.0 Å². The van der Waals surface area contributed by atoms with Crippen LogP contribution in [0, 0.1) is 0 Å². The van der Waals surface area contributed by atoms with Gasteiger partial charge in [0.25, 0.3) is 0 Å². The van der Waals surface area contributed by atoms with Crippen LogP contribution in [0.4, 0.5) is 10.5 Å². The Morgan fingerprint density at radius 2 is 2.00 bits per heavy atom. The lowest BCUT2D eigenvalue weighted by molar-refractivity contribution is 0.0207. The summed E-state index contributed by atoms with van der Waals surface area (Å²) >= 11 is 3.26. The zero-order chi connectivity index (χ0) is 14.5. The predicted octanol–water partition coefficient (Wildman–Crippen LogP) is 1.52. The lowest BCUT2D eigenvalue weighted by Gasteiger charge is -2.27. The van der Waals surface area contributed by atoms with Crippen molar-refractivity contribution in [2.45, 2.75) is 0 Å². The van der Waals surface area contributed by atoms with Crippen molar-refractivity contribution in [3.05, 3.63) is 28.2 Å². The fourth-order valence-corrected chi connectivity index (χ4v) is 2.07. The number of halogens is 1. The largest absolute Gasteiger partial charge is 0.478 e. The minimum absolute atomic E-state index is 0.106. The first-order valence-electron chi connectivity index (χ1n) is 5.99. The minimum atomic E-state index is -1.05. The molecule has 3 N–H and O–H groups in total. The van der Waals surface area contributed by atoms with E-state index in [0.717, 1.165) is 0 Å². The maximum atomic E-state index is 11.8. The van der Waals surface area contributed by atoms with Gasteiger partial charge in [0.1, 0.15) is 0 Å². The molecule has 8 heteroatoms. The summed E-state index contributed by atoms with van der Waals surface area (Å²) in [6, 6.07) is 4.01. The normalized spacial score (nSPS) is 15.7. The summed E-state index contributed by atoms with van der Waals surface area (Å²) in [5.74, 6) is -1.05. The Labute approximate surface area is 124 Å². The minimum Gasteiger partial charge on any atom is -0.478 e. The van der Waals surface area contributed by atoms with Crippen LogP contribution in [0.3, 0.4) is 0 Å². The first kappa shape index (κ1) is 14.8. The number of carbonyl (C=O) groups is 2. The third-order valence-electron chi connectivity index (χ3n) is 2.73. The van der Waals surface area contributed by atoms with E-state index in [-0.39, 0.29) is 5.56 Å². The number of hydrogen-bond donors (Lipinski definition) is 3. The first-order valence-corrected chi connectivity index (χ1v) is 6.79. The Balaban J connectivity index is 1.99. The van der Waals surface area contributed by atoms with Crippen LogP contribution in [-0.4, -0.2) is 48.4 Å². The van der Waals surface area contributed by atoms with Crippen LogP contribution in [0.25, 0.3) is 0 Å². The van der Waals surface area contributed by atoms with Crippen LogP contribution >= 0.6 is 15.9 Å². The molecule has 1 aliphatic heterocycles. The van der Waals surface area contributed by atoms with Gasteiger partial charge in [-0.1, -0.05) is 0 Å². The molecule has 0 aliphatic carbocycles. The van der Waals surface area contributed by atoms with Gasteiger partial charge < -0.3 is 15.2 Å². The number of ether oxygens (including phenoxy) is 1. The van der Waals surface area contributed by atoms with E-state index < -0.39 is 12.0 Å². The number of nitrogens with zero attached hydrogens (tertiary/aromatic N) is 1. The van der Waals surface area contributed by atoms with Crippen molar-refractivity contribution in [2.24, 2.45) is 0 Å². The quantitative estimate of drug-likeness (QED) is 0.773. The van der Waals surface area contributed by atoms with Crippen LogP contribution in [0.1, 0.15) is 10.4 Å². The number of urea groups is 1. The van der Waals surface area contributed by atoms with Gasteiger partial charge in [0.15, 0.2) is 0 Å². The molecule has 1 heterocycles. The second kappa shape index (κ2) is 6.69. The zero-order valence-electron chi connectivity index (χ0n) is 10.6. The van der Waals surface area contributed by atoms with Gasteiger partial charge in [0.05, 0.1) is 24.5 Å². The molecule has 0 radical (unpaired) electrons. The van der Waals surface area contributed by atoms with Crippen molar-refractivity contribution in [1.29, 1.82) is 0 Å². The fourth-order valence-electron chi connectivity index (χ4n) is 1.72. The highest BCUT2D eigenvalue weighted by molar-refractivity contribution is 9.10. The van der Waals surface area contributed by atoms with Crippen molar-refractivity contribution in [1.82, 2.24) is 10.4 Å². The molecule has 0 spiro atoms. The maximum absolute atomic E-state index is 11.8. The molecule has 0 saturated carbocycles. The van der Waals surface area contributed by atoms with Crippen molar-refractivity contribution in [3.8, 4) is 0 Å². The van der Waals surface area contributed by atoms with Gasteiger partial charge in [-0.2, -0.15) is 0 Å². The smallest absolute Gasteiger partial charge is 0.335 e. The van der Waals surface area contributed by atoms with Crippen molar-refractivity contribution in [3.63, 3.8) is 0 Å². The lowest BCUT2D eigenvalue weighted by Crippen LogP contribution is -2.49. The van der Waals surface area contributed by atoms with E-state index in [4.69, 9.17) is 9.84 Å². The van der Waals surface area contributed by atoms with Gasteiger partial charge in [0.2, 0.25) is 0 Å². The van der Waals surface area contributed by atoms with E-state index in [1.807, 2.05) is 0 Å². The van der Waals surface area contributed by atoms with E-state index in [0.29, 0.717) is 36.5 Å². The number of hydrogen-bond acceptors (Lipinski definition) is 4. The molecular weight excluding hydrogens is 330 g/mol. The van der Waals surface area contributed by atoms with Crippen molar-refractivity contribution >= 4 is 33.6 Å². The zero-order valence-corrected chi connectivity index (χ0v) is 12.1. The van der Waals surface area contributed by atoms with Gasteiger partial charge in [-0.15, -0.1) is 0 Å². The number of morpholine rings is 1. The van der Waals surface area contributed by atoms with E-state index in [1.165, 1.54) is 12.1 Å². The second-order valence-corrected chi connectivity index (χ2v) is 5.02. The SMILES string of the molecule is O=C(Nc1cc(C(=O)O)ccc1Br)NN1CCOCC1. The highest BCUT2D eigenvalue weighted by Crippen LogP contribution is 2.23. The number of aromatic carboxylic acids is 1. The average Bonchev–Trinajstić information content (AvgIpc) is 2.42. The molecule has 7 nitrogen and oxygen atoms in total. The average molecular weight is 344 g/mol. The number of rotatable bonds is 3. The van der Waals surface area contributed by atoms with Gasteiger partial charge in [-0.3, -0.25) is 5.43 Å². The summed E-state index contributed by atoms with van der Waals surface area (Å²) in [4.78, 5) is 22.7. The molecule has 0 aromatic heterocycles. The third-order valence-corrected chi connectivity index (χ3v) is 3.42. The molecule has 1 aliphatic rings. The van der Waals surface area contributed by atoms with Crippen molar-refractivity contribution < 1.29 is 19.4 Å². The summed E-state index contributed by atoms with van der Waals surface area (Å²) in [5, 5.41) is 13.3. The first-order chi connectivity index (χ1) is 9.56. The molecule has 1 aromatic carbocycles. The van der Waals surface area contributed by atoms with E-state index in [2.05, 4.69) is 26.7 Å². The molecule has 0 unspecified atom stereocenters. The number of carboxylic acid groups (broad SMARTS) is 1. The van der Waals surface area contributed by atoms with Gasteiger partial charge in [-0.25, -0.2) is 14.6 Å². The lowest BCUT2D eigenvalue weighted by atomic mass is 10.2. The molecule has 108 valence electrons. The summed E-state index contributed by atoms with van der Waals surface area (Å²) in [5.41, 5.74) is 3.18. The number of carbonyl (C=O) groups excluding carboxylic acids is 1. The fraction of sp³-hybridized carbons (Fsp3) is 0.333. The molecule has 1 fully saturated rings. The monoisotopic (exact) mass is 343 g/mol. The summed E-state index contributed by atoms with van der Waals surface area (Å²) in [7, 11) is 0. The van der Waals surface area contributed by atoms with E-state index >= 15 is 0 Å². The van der Waals surface area contributed by atoms with Crippen LogP contribution in [0.2, 0.25) is 0 Å². The molecule has 1 saturated heterocycles. The van der Waals surface area contributed by atoms with E-state index in [9.17, 15) is 9.59 Å². The molecule has 1 aromatic rings. The van der Waals surface area contributed by atoms with E-state index in [1.54, 1.807) is 11.1 Å². The molecule has 0 bridgehead atoms. The van der Waals surface area contributed by atoms with Crippen LogP contribution < -0.4 is 10.7 Å². The third kappa shape index (κ3) is 3.92. The van der Waals surface area contributed by atoms with Gasteiger partial charge in [0, 0.05) is 17.6 Å². The molecule has 0 atom stereocenters. The Kier molecular flexibility index (Phi) is 4.94. The van der Waals surface area contributed by atoms with Crippen LogP contribution in [0.5, 0.6) is 0 Å². The molecule has 2 rings (SSSR count). The number of hydrazine groups is 1. The highest BCUT2D eigenvalue weighted by Gasteiger charge is 2.14. The molecule has 2 amide bonds. The topological polar surface area (TPSA) is 90.9 Å². The Hall–Kier alpha value is -1.64. The predicted molar refractivity (Wildman–Crippen MR) is 75.6 cm³/mol. The Morgan fingerprint density at radius 3 is 2.65 bits per heavy atom.